The van der Waals surface area contributed by atoms with Gasteiger partial charge in [0.1, 0.15) is 0 Å². The number of hydrogen-bond acceptors (Lipinski definition) is 2. The fourth-order valence-electron chi connectivity index (χ4n) is 1.74. The van der Waals surface area contributed by atoms with Crippen LogP contribution in [0.15, 0.2) is 0 Å². The van der Waals surface area contributed by atoms with Gasteiger partial charge in [-0.25, -0.2) is 0 Å². The molecule has 0 spiro atoms. The molecular weight excluding hydrogens is 200 g/mol. The van der Waals surface area contributed by atoms with Crippen LogP contribution < -0.4 is 0 Å². The van der Waals surface area contributed by atoms with Crippen LogP contribution in [0.1, 0.15) is 66.2 Å². The number of rotatable bonds is 9. The fraction of sp³-hybridized carbons (Fsp3) is 0.929. The first-order valence-corrected chi connectivity index (χ1v) is 6.78. The Morgan fingerprint density at radius 3 is 2.19 bits per heavy atom. The number of hydrogen-bond donors (Lipinski definition) is 0. The molecule has 0 saturated heterocycles. The van der Waals surface area contributed by atoms with Crippen LogP contribution in [0, 0.1) is 11.8 Å². The van der Waals surface area contributed by atoms with Gasteiger partial charge < -0.3 is 4.74 Å². The van der Waals surface area contributed by atoms with E-state index < -0.39 is 0 Å². The smallest absolute Gasteiger partial charge is 0.308 e. The van der Waals surface area contributed by atoms with Gasteiger partial charge in [-0.15, -0.1) is 0 Å². The third kappa shape index (κ3) is 7.72. The highest BCUT2D eigenvalue weighted by molar-refractivity contribution is 5.72. The van der Waals surface area contributed by atoms with Crippen molar-refractivity contribution in [3.63, 3.8) is 0 Å². The lowest BCUT2D eigenvalue weighted by Gasteiger charge is -2.11. The van der Waals surface area contributed by atoms with E-state index >= 15 is 0 Å². The zero-order chi connectivity index (χ0) is 12.4. The molecule has 0 atom stereocenters. The topological polar surface area (TPSA) is 26.3 Å². The lowest BCUT2D eigenvalue weighted by molar-refractivity contribution is -0.148. The minimum atomic E-state index is -0.00569. The first-order valence-electron chi connectivity index (χ1n) is 6.78. The molecule has 0 aromatic heterocycles. The summed E-state index contributed by atoms with van der Waals surface area (Å²) in [6.07, 6.45) is 6.50. The van der Waals surface area contributed by atoms with E-state index in [1.54, 1.807) is 0 Å². The first-order chi connectivity index (χ1) is 7.61. The van der Waals surface area contributed by atoms with Crippen molar-refractivity contribution < 1.29 is 9.53 Å². The Morgan fingerprint density at radius 1 is 1.06 bits per heavy atom. The summed E-state index contributed by atoms with van der Waals surface area (Å²) in [7, 11) is 0. The maximum atomic E-state index is 11.5. The Labute approximate surface area is 101 Å². The minimum absolute atomic E-state index is 0.00569. The molecule has 0 unspecified atom stereocenters. The Balaban J connectivity index is 3.40. The van der Waals surface area contributed by atoms with Crippen molar-refractivity contribution in [3.05, 3.63) is 0 Å². The van der Waals surface area contributed by atoms with Crippen LogP contribution in [0.25, 0.3) is 0 Å². The molecule has 0 N–H and O–H groups in total. The summed E-state index contributed by atoms with van der Waals surface area (Å²) in [5.74, 6) is 0.886. The Kier molecular flexibility index (Phi) is 9.36. The van der Waals surface area contributed by atoms with Gasteiger partial charge >= 0.3 is 5.97 Å². The number of unbranched alkanes of at least 4 members (excludes halogenated alkanes) is 2. The highest BCUT2D eigenvalue weighted by atomic mass is 16.5. The van der Waals surface area contributed by atoms with Crippen molar-refractivity contribution in [1.82, 2.24) is 0 Å². The van der Waals surface area contributed by atoms with E-state index in [-0.39, 0.29) is 11.9 Å². The fourth-order valence-corrected chi connectivity index (χ4v) is 1.74. The third-order valence-electron chi connectivity index (χ3n) is 2.99. The van der Waals surface area contributed by atoms with Crippen LogP contribution >= 0.6 is 0 Å². The predicted molar refractivity (Wildman–Crippen MR) is 68.3 cm³/mol. The molecule has 0 amide bonds. The molecule has 2 heteroatoms. The second kappa shape index (κ2) is 9.68. The standard InChI is InChI=1S/C14H28O2/c1-5-13(6-2)14(15)16-11-9-7-8-10-12(3)4/h12-13H,5-11H2,1-4H3. The van der Waals surface area contributed by atoms with E-state index in [2.05, 4.69) is 13.8 Å². The molecular formula is C14H28O2. The van der Waals surface area contributed by atoms with Crippen LogP contribution in [-0.4, -0.2) is 12.6 Å². The molecule has 0 bridgehead atoms. The number of ether oxygens (including phenoxy) is 1. The maximum absolute atomic E-state index is 11.5. The van der Waals surface area contributed by atoms with Gasteiger partial charge in [0, 0.05) is 0 Å². The molecule has 0 aliphatic carbocycles. The van der Waals surface area contributed by atoms with Crippen LogP contribution in [0.4, 0.5) is 0 Å². The summed E-state index contributed by atoms with van der Waals surface area (Å²) in [6, 6.07) is 0. The molecule has 0 saturated carbocycles. The van der Waals surface area contributed by atoms with E-state index in [0.29, 0.717) is 6.61 Å². The number of esters is 1. The monoisotopic (exact) mass is 228 g/mol. The van der Waals surface area contributed by atoms with E-state index in [9.17, 15) is 4.79 Å². The largest absolute Gasteiger partial charge is 0.465 e. The highest BCUT2D eigenvalue weighted by Crippen LogP contribution is 2.11. The summed E-state index contributed by atoms with van der Waals surface area (Å²) in [5.41, 5.74) is 0. The molecule has 0 aliphatic heterocycles. The average Bonchev–Trinajstić information content (AvgIpc) is 2.24. The second-order valence-electron chi connectivity index (χ2n) is 4.92. The summed E-state index contributed by atoms with van der Waals surface area (Å²) in [5, 5.41) is 0. The molecule has 2 nitrogen and oxygen atoms in total. The van der Waals surface area contributed by atoms with E-state index in [0.717, 1.165) is 25.2 Å². The van der Waals surface area contributed by atoms with Crippen molar-refractivity contribution in [2.45, 2.75) is 66.2 Å². The summed E-state index contributed by atoms with van der Waals surface area (Å²) in [6.45, 7) is 9.17. The quantitative estimate of drug-likeness (QED) is 0.437. The summed E-state index contributed by atoms with van der Waals surface area (Å²) < 4.78 is 5.25. The Hall–Kier alpha value is -0.530. The first kappa shape index (κ1) is 15.5. The van der Waals surface area contributed by atoms with Crippen molar-refractivity contribution >= 4 is 5.97 Å². The van der Waals surface area contributed by atoms with Crippen molar-refractivity contribution in [1.29, 1.82) is 0 Å². The second-order valence-corrected chi connectivity index (χ2v) is 4.92. The van der Waals surface area contributed by atoms with E-state index in [1.807, 2.05) is 13.8 Å². The average molecular weight is 228 g/mol. The lowest BCUT2D eigenvalue weighted by Crippen LogP contribution is -2.16. The van der Waals surface area contributed by atoms with Gasteiger partial charge in [0.25, 0.3) is 0 Å². The van der Waals surface area contributed by atoms with Crippen LogP contribution in [0.5, 0.6) is 0 Å². The van der Waals surface area contributed by atoms with Crippen LogP contribution in [0.3, 0.4) is 0 Å². The minimum Gasteiger partial charge on any atom is -0.465 e. The normalized spacial score (nSPS) is 11.1. The molecule has 0 fully saturated rings. The molecule has 0 aromatic rings. The van der Waals surface area contributed by atoms with Gasteiger partial charge in [0.15, 0.2) is 0 Å². The molecule has 0 rings (SSSR count). The van der Waals surface area contributed by atoms with Gasteiger partial charge in [-0.2, -0.15) is 0 Å². The van der Waals surface area contributed by atoms with Gasteiger partial charge in [-0.3, -0.25) is 4.79 Å². The molecule has 0 aromatic carbocycles. The Bertz CT molecular complexity index is 172. The van der Waals surface area contributed by atoms with Crippen LogP contribution in [-0.2, 0) is 9.53 Å². The Morgan fingerprint density at radius 2 is 1.69 bits per heavy atom. The molecule has 0 radical (unpaired) electrons. The highest BCUT2D eigenvalue weighted by Gasteiger charge is 2.14. The van der Waals surface area contributed by atoms with Gasteiger partial charge in [-0.1, -0.05) is 47.0 Å². The molecule has 96 valence electrons. The molecule has 16 heavy (non-hydrogen) atoms. The molecule has 0 heterocycles. The SMILES string of the molecule is CCC(CC)C(=O)OCCCCCC(C)C. The zero-order valence-corrected chi connectivity index (χ0v) is 11.4. The predicted octanol–water partition coefficient (Wildman–Crippen LogP) is 4.18. The number of carbonyl (C=O) groups is 1. The molecule has 0 aliphatic rings. The van der Waals surface area contributed by atoms with Crippen molar-refractivity contribution in [3.8, 4) is 0 Å². The van der Waals surface area contributed by atoms with Crippen LogP contribution in [0.2, 0.25) is 0 Å². The zero-order valence-electron chi connectivity index (χ0n) is 11.4. The van der Waals surface area contributed by atoms with Gasteiger partial charge in [-0.05, 0) is 25.2 Å². The number of carbonyl (C=O) groups excluding carboxylic acids is 1. The maximum Gasteiger partial charge on any atom is 0.308 e. The van der Waals surface area contributed by atoms with E-state index in [1.165, 1.54) is 19.3 Å². The summed E-state index contributed by atoms with van der Waals surface area (Å²) >= 11 is 0. The van der Waals surface area contributed by atoms with Crippen molar-refractivity contribution in [2.75, 3.05) is 6.61 Å². The lowest BCUT2D eigenvalue weighted by atomic mass is 10.0. The van der Waals surface area contributed by atoms with Crippen molar-refractivity contribution in [2.24, 2.45) is 11.8 Å². The summed E-state index contributed by atoms with van der Waals surface area (Å²) in [4.78, 5) is 11.5. The third-order valence-corrected chi connectivity index (χ3v) is 2.99. The van der Waals surface area contributed by atoms with Gasteiger partial charge in [0.05, 0.1) is 12.5 Å². The van der Waals surface area contributed by atoms with E-state index in [4.69, 9.17) is 4.74 Å². The van der Waals surface area contributed by atoms with Gasteiger partial charge in [0.2, 0.25) is 0 Å².